The molecular formula is C39H44N6Na4O7P2. The van der Waals surface area contributed by atoms with Gasteiger partial charge in [0.05, 0.1) is 22.8 Å². The van der Waals surface area contributed by atoms with Gasteiger partial charge in [0.2, 0.25) is 11.8 Å². The minimum Gasteiger partial charge on any atom is -0.841 e. The zero-order valence-corrected chi connectivity index (χ0v) is 44.7. The van der Waals surface area contributed by atoms with E-state index in [-0.39, 0.29) is 163 Å². The van der Waals surface area contributed by atoms with Gasteiger partial charge in [-0.05, 0) is 111 Å². The monoisotopic (exact) mass is 862 g/mol. The summed E-state index contributed by atoms with van der Waals surface area (Å²) in [5.74, 6) is -0.727. The molecular weight excluding hydrogens is 818 g/mol. The maximum atomic E-state index is 12.8. The van der Waals surface area contributed by atoms with Crippen LogP contribution in [-0.2, 0) is 14.2 Å². The van der Waals surface area contributed by atoms with E-state index in [1.165, 1.54) is 0 Å². The summed E-state index contributed by atoms with van der Waals surface area (Å²) in [6, 6.07) is 7.77. The van der Waals surface area contributed by atoms with Crippen molar-refractivity contribution in [1.29, 1.82) is 0 Å². The van der Waals surface area contributed by atoms with Crippen LogP contribution in [0.3, 0.4) is 0 Å². The molecule has 2 aliphatic heterocycles. The van der Waals surface area contributed by atoms with E-state index in [2.05, 4.69) is 40.1 Å². The molecule has 0 fully saturated rings. The third-order valence-electron chi connectivity index (χ3n) is 9.73. The predicted octanol–water partition coefficient (Wildman–Crippen LogP) is -8.20. The van der Waals surface area contributed by atoms with Gasteiger partial charge in [-0.2, -0.15) is 0 Å². The zero-order chi connectivity index (χ0) is 39.5. The van der Waals surface area contributed by atoms with Crippen molar-refractivity contribution in [2.45, 2.75) is 53.4 Å². The van der Waals surface area contributed by atoms with E-state index >= 15 is 0 Å². The standard InChI is InChI=1S/C39H46N6O7P2.4Na/c1-8-26-22(3)30-18-31-24(5)28(11-13-39(47)41-15-17-54(50,51)52)36(44-31)21-37-29(10-12-38(46)40-14-16-53(7,48)49)25(6)33(45-37)20-35-27(9-2)23(4)32(43-35)19-34(26)42-30;;;;/h8-9,18-21H,1-2,7,10-17H2,3-6H3,(H6-2,40,41,42,43,44,45,46,47,48,49,50,51,52);;;;/q-2;4*+1/p-2. The second-order valence-electron chi connectivity index (χ2n) is 13.5. The number of carbonyl (C=O) groups is 2. The van der Waals surface area contributed by atoms with Crippen molar-refractivity contribution >= 4 is 89.6 Å². The SMILES string of the molecule is C=Cc1c(C)c2cc3[nH]c(cc4nc(cc5nc(cc1[nH]2)C(C)=C5CCC(=O)NCCP(=C)([O-])[O-])C(CCC(=O)NCCP(=O)([O-])[O-])=C4C)c(C)c3C=C.[Na+].[Na+].[Na+].[Na+]. The van der Waals surface area contributed by atoms with Crippen LogP contribution >= 0.6 is 14.9 Å². The molecule has 2 amide bonds. The molecule has 3 aromatic heterocycles. The molecule has 0 unspecified atom stereocenters. The Kier molecular flexibility index (Phi) is 22.7. The minimum absolute atomic E-state index is 0. The minimum atomic E-state index is -4.76. The second kappa shape index (κ2) is 23.7. The number of aromatic nitrogens is 4. The molecule has 19 heteroatoms. The smallest absolute Gasteiger partial charge is 0.841 e. The molecule has 286 valence electrons. The molecule has 0 saturated heterocycles. The first-order valence-corrected chi connectivity index (χ1v) is 21.2. The number of hydrogen-bond acceptors (Lipinski definition) is 9. The average molecular weight is 863 g/mol. The molecule has 13 nitrogen and oxygen atoms in total. The normalized spacial score (nSPS) is 12.4. The fraction of sp³-hybridized carbons (Fsp3) is 0.308. The summed E-state index contributed by atoms with van der Waals surface area (Å²) in [5, 5.41) is 5.16. The molecule has 8 bridgehead atoms. The van der Waals surface area contributed by atoms with E-state index in [1.54, 1.807) is 12.2 Å². The van der Waals surface area contributed by atoms with Crippen LogP contribution in [0.1, 0.15) is 84.6 Å². The summed E-state index contributed by atoms with van der Waals surface area (Å²) in [5.41, 5.74) is 12.9. The van der Waals surface area contributed by atoms with E-state index in [1.807, 2.05) is 52.0 Å². The average Bonchev–Trinajstić information content (AvgIpc) is 3.74. The van der Waals surface area contributed by atoms with Crippen molar-refractivity contribution < 1.29 is 152 Å². The van der Waals surface area contributed by atoms with Crippen molar-refractivity contribution in [3.05, 3.63) is 82.5 Å². The Bertz CT molecular complexity index is 2400. The van der Waals surface area contributed by atoms with Crippen LogP contribution in [0.4, 0.5) is 0 Å². The molecule has 58 heavy (non-hydrogen) atoms. The number of rotatable bonds is 14. The fourth-order valence-corrected chi connectivity index (χ4v) is 7.49. The summed E-state index contributed by atoms with van der Waals surface area (Å²) in [6.07, 6.45) is 6.45. The van der Waals surface area contributed by atoms with Gasteiger partial charge >= 0.3 is 118 Å². The number of aryl methyl sites for hydroxylation is 2. The Hall–Kier alpha value is -0.610. The van der Waals surface area contributed by atoms with E-state index in [0.29, 0.717) is 29.2 Å². The molecule has 2 aliphatic rings. The van der Waals surface area contributed by atoms with E-state index < -0.39 is 27.0 Å². The van der Waals surface area contributed by atoms with E-state index in [4.69, 9.17) is 9.97 Å². The maximum absolute atomic E-state index is 12.8. The van der Waals surface area contributed by atoms with Crippen LogP contribution in [0.15, 0.2) is 37.4 Å². The Morgan fingerprint density at radius 1 is 0.655 bits per heavy atom. The van der Waals surface area contributed by atoms with Crippen molar-refractivity contribution in [3.8, 4) is 0 Å². The molecule has 0 spiro atoms. The molecule has 0 saturated carbocycles. The topological polar surface area (TPSA) is 225 Å². The van der Waals surface area contributed by atoms with Gasteiger partial charge in [0.25, 0.3) is 0 Å². The van der Waals surface area contributed by atoms with Crippen LogP contribution in [-0.4, -0.2) is 63.5 Å². The Morgan fingerprint density at radius 2 is 1.05 bits per heavy atom. The van der Waals surface area contributed by atoms with Crippen molar-refractivity contribution in [1.82, 2.24) is 30.6 Å². The summed E-state index contributed by atoms with van der Waals surface area (Å²) in [7, 11) is -8.53. The number of carbonyl (C=O) groups excluding carboxylic acids is 2. The zero-order valence-electron chi connectivity index (χ0n) is 34.9. The quantitative estimate of drug-likeness (QED) is 0.0892. The first kappa shape index (κ1) is 55.4. The molecule has 3 aromatic rings. The van der Waals surface area contributed by atoms with Crippen LogP contribution in [0.2, 0.25) is 0 Å². The van der Waals surface area contributed by atoms with Crippen LogP contribution in [0.25, 0.3) is 56.5 Å². The number of allylic oxidation sites excluding steroid dienone is 4. The van der Waals surface area contributed by atoms with Gasteiger partial charge in [-0.1, -0.05) is 32.9 Å². The number of H-pyrrole nitrogens is 2. The predicted molar refractivity (Wildman–Crippen MR) is 212 cm³/mol. The van der Waals surface area contributed by atoms with Crippen molar-refractivity contribution in [2.24, 2.45) is 0 Å². The number of aromatic amines is 2. The molecule has 0 aromatic carbocycles. The third-order valence-corrected chi connectivity index (χ3v) is 11.4. The van der Waals surface area contributed by atoms with Gasteiger partial charge in [0, 0.05) is 59.1 Å². The Balaban J connectivity index is 0.00000420. The van der Waals surface area contributed by atoms with Gasteiger partial charge in [-0.3, -0.25) is 16.9 Å². The first-order valence-electron chi connectivity index (χ1n) is 17.5. The first-order chi connectivity index (χ1) is 25.4. The summed E-state index contributed by atoms with van der Waals surface area (Å²) >= 11 is 0. The summed E-state index contributed by atoms with van der Waals surface area (Å²) in [4.78, 5) is 87.9. The maximum Gasteiger partial charge on any atom is 1.00 e. The number of nitrogens with one attached hydrogen (secondary N) is 4. The largest absolute Gasteiger partial charge is 1.00 e. The molecule has 0 atom stereocenters. The number of nitrogens with zero attached hydrogens (tertiary/aromatic N) is 2. The third kappa shape index (κ3) is 14.2. The number of amides is 2. The fourth-order valence-electron chi connectivity index (χ4n) is 6.65. The molecule has 0 aliphatic carbocycles. The van der Waals surface area contributed by atoms with Gasteiger partial charge < -0.3 is 44.7 Å². The van der Waals surface area contributed by atoms with Crippen LogP contribution in [0.5, 0.6) is 0 Å². The summed E-state index contributed by atoms with van der Waals surface area (Å²) in [6.45, 7) is 15.7. The van der Waals surface area contributed by atoms with Gasteiger partial charge in [0.15, 0.2) is 0 Å². The van der Waals surface area contributed by atoms with Gasteiger partial charge in [-0.15, -0.1) is 6.30 Å². The second-order valence-corrected chi connectivity index (χ2v) is 17.3. The Labute approximate surface area is 428 Å². The number of hydrogen-bond donors (Lipinski definition) is 4. The van der Waals surface area contributed by atoms with Crippen LogP contribution < -0.4 is 148 Å². The van der Waals surface area contributed by atoms with Crippen LogP contribution in [0, 0.1) is 13.8 Å². The molecule has 5 heterocycles. The number of fused-ring (bicyclic) bond motifs is 8. The molecule has 0 radical (unpaired) electrons. The van der Waals surface area contributed by atoms with Crippen molar-refractivity contribution in [3.63, 3.8) is 0 Å². The van der Waals surface area contributed by atoms with Gasteiger partial charge in [0.1, 0.15) is 0 Å². The Morgan fingerprint density at radius 3 is 1.47 bits per heavy atom. The van der Waals surface area contributed by atoms with Crippen molar-refractivity contribution in [2.75, 3.05) is 25.4 Å². The van der Waals surface area contributed by atoms with Gasteiger partial charge in [-0.25, -0.2) is 9.97 Å². The van der Waals surface area contributed by atoms with E-state index in [0.717, 1.165) is 66.6 Å². The molecule has 5 rings (SSSR count). The summed E-state index contributed by atoms with van der Waals surface area (Å²) < 4.78 is 11.1. The molecule has 4 N–H and O–H groups in total. The van der Waals surface area contributed by atoms with E-state index in [9.17, 15) is 33.7 Å².